The smallest absolute Gasteiger partial charge is 0.340 e. The number of halogens is 1. The van der Waals surface area contributed by atoms with E-state index in [1.807, 2.05) is 6.92 Å². The van der Waals surface area contributed by atoms with Crippen molar-refractivity contribution in [2.75, 3.05) is 12.0 Å². The van der Waals surface area contributed by atoms with Crippen molar-refractivity contribution in [3.8, 4) is 5.75 Å². The molecule has 1 aromatic heterocycles. The van der Waals surface area contributed by atoms with Crippen LogP contribution in [0.5, 0.6) is 5.75 Å². The fourth-order valence-corrected chi connectivity index (χ4v) is 5.26. The summed E-state index contributed by atoms with van der Waals surface area (Å²) in [5.41, 5.74) is 5.86. The predicted molar refractivity (Wildman–Crippen MR) is 130 cm³/mol. The van der Waals surface area contributed by atoms with Crippen LogP contribution in [0.1, 0.15) is 29.3 Å². The lowest BCUT2D eigenvalue weighted by Crippen LogP contribution is -2.52. The molecule has 1 atom stereocenters. The normalized spacial score (nSPS) is 18.2. The molecule has 2 aliphatic rings. The third-order valence-corrected chi connectivity index (χ3v) is 6.81. The van der Waals surface area contributed by atoms with Crippen LogP contribution >= 0.6 is 0 Å². The molecule has 184 valence electrons. The van der Waals surface area contributed by atoms with Crippen LogP contribution in [0.25, 0.3) is 0 Å². The summed E-state index contributed by atoms with van der Waals surface area (Å²) in [6.07, 6.45) is 0. The number of pyridine rings is 1. The Bertz CT molecular complexity index is 1510. The van der Waals surface area contributed by atoms with Crippen LogP contribution < -0.4 is 20.9 Å². The van der Waals surface area contributed by atoms with Crippen LogP contribution in [0.2, 0.25) is 0 Å². The Morgan fingerprint density at radius 3 is 2.50 bits per heavy atom. The van der Waals surface area contributed by atoms with Gasteiger partial charge in [-0.15, -0.1) is 0 Å². The summed E-state index contributed by atoms with van der Waals surface area (Å²) in [6.45, 7) is 3.99. The first-order valence-corrected chi connectivity index (χ1v) is 11.4. The van der Waals surface area contributed by atoms with E-state index in [1.54, 1.807) is 49.4 Å². The molecule has 0 fully saturated rings. The maximum atomic E-state index is 14.5. The molecule has 0 radical (unpaired) electrons. The molecule has 36 heavy (non-hydrogen) atoms. The molecule has 0 unspecified atom stereocenters. The van der Waals surface area contributed by atoms with Crippen molar-refractivity contribution >= 4 is 17.6 Å². The zero-order chi connectivity index (χ0) is 25.8. The third kappa shape index (κ3) is 3.08. The quantitative estimate of drug-likeness (QED) is 0.566. The first-order chi connectivity index (χ1) is 17.2. The van der Waals surface area contributed by atoms with Crippen LogP contribution in [0.4, 0.5) is 10.1 Å². The van der Waals surface area contributed by atoms with Crippen molar-refractivity contribution < 1.29 is 23.5 Å². The molecule has 8 nitrogen and oxygen atoms in total. The number of aromatic nitrogens is 1. The van der Waals surface area contributed by atoms with Gasteiger partial charge in [0, 0.05) is 29.6 Å². The van der Waals surface area contributed by atoms with Crippen LogP contribution in [0.3, 0.4) is 0 Å². The topological polar surface area (TPSA) is 104 Å². The molecule has 0 saturated heterocycles. The molecular formula is C27H24FN3O5. The maximum Gasteiger partial charge on any atom is 0.340 e. The van der Waals surface area contributed by atoms with Gasteiger partial charge in [-0.1, -0.05) is 30.3 Å². The number of anilines is 1. The first-order valence-electron chi connectivity index (χ1n) is 11.4. The summed E-state index contributed by atoms with van der Waals surface area (Å²) < 4.78 is 25.9. The van der Waals surface area contributed by atoms with Crippen LogP contribution in [0.15, 0.2) is 70.8 Å². The molecule has 2 N–H and O–H groups in total. The van der Waals surface area contributed by atoms with E-state index in [0.717, 1.165) is 0 Å². The van der Waals surface area contributed by atoms with Gasteiger partial charge in [0.15, 0.2) is 0 Å². The Hall–Kier alpha value is -4.40. The number of methoxy groups -OCH3 is 1. The molecular weight excluding hydrogens is 465 g/mol. The van der Waals surface area contributed by atoms with Gasteiger partial charge in [-0.2, -0.15) is 0 Å². The Labute approximate surface area is 206 Å². The van der Waals surface area contributed by atoms with E-state index in [0.29, 0.717) is 29.1 Å². The summed E-state index contributed by atoms with van der Waals surface area (Å²) in [6, 6.07) is 14.3. The molecule has 3 heterocycles. The Morgan fingerprint density at radius 2 is 1.83 bits per heavy atom. The largest absolute Gasteiger partial charge is 0.465 e. The minimum Gasteiger partial charge on any atom is -0.465 e. The maximum absolute atomic E-state index is 14.5. The number of hydrogen-bond donors (Lipinski definition) is 1. The van der Waals surface area contributed by atoms with Crippen LogP contribution in [-0.4, -0.2) is 23.6 Å². The molecule has 1 spiro atoms. The van der Waals surface area contributed by atoms with E-state index in [4.69, 9.17) is 15.2 Å². The minimum atomic E-state index is -1.89. The van der Waals surface area contributed by atoms with Gasteiger partial charge in [0.1, 0.15) is 22.6 Å². The number of carbonyl (C=O) groups is 2. The molecule has 5 rings (SSSR count). The van der Waals surface area contributed by atoms with E-state index in [2.05, 4.69) is 0 Å². The van der Waals surface area contributed by atoms with Gasteiger partial charge < -0.3 is 24.7 Å². The number of amides is 1. The third-order valence-electron chi connectivity index (χ3n) is 6.81. The highest BCUT2D eigenvalue weighted by Crippen LogP contribution is 2.54. The highest BCUT2D eigenvalue weighted by Gasteiger charge is 2.62. The summed E-state index contributed by atoms with van der Waals surface area (Å²) in [7, 11) is 1.17. The number of benzene rings is 2. The second-order valence-electron chi connectivity index (χ2n) is 8.69. The Balaban J connectivity index is 1.86. The standard InChI is InChI=1S/C27H24FN3O5/c1-4-30-15(2)13-20-21(24(30)32)27(22(23(29)36-20)25(33)35-3)18-7-5-6-8-19(18)31(26(27)34)14-16-9-11-17(28)12-10-16/h5-13H,4,14,29H2,1-3H3/t27-/m0/s1. The molecule has 2 aliphatic heterocycles. The van der Waals surface area contributed by atoms with Crippen molar-refractivity contribution in [3.63, 3.8) is 0 Å². The fourth-order valence-electron chi connectivity index (χ4n) is 5.26. The van der Waals surface area contributed by atoms with Crippen LogP contribution in [0, 0.1) is 12.7 Å². The van der Waals surface area contributed by atoms with Gasteiger partial charge >= 0.3 is 5.97 Å². The summed E-state index contributed by atoms with van der Waals surface area (Å²) in [5, 5.41) is 0. The lowest BCUT2D eigenvalue weighted by Gasteiger charge is -2.36. The van der Waals surface area contributed by atoms with Crippen molar-refractivity contribution in [1.82, 2.24) is 4.57 Å². The molecule has 9 heteroatoms. The summed E-state index contributed by atoms with van der Waals surface area (Å²) in [4.78, 5) is 43.1. The van der Waals surface area contributed by atoms with Gasteiger partial charge in [-0.05, 0) is 37.6 Å². The second kappa shape index (κ2) is 8.37. The Kier molecular flexibility index (Phi) is 5.43. The highest BCUT2D eigenvalue weighted by molar-refractivity contribution is 6.18. The van der Waals surface area contributed by atoms with E-state index in [-0.39, 0.29) is 29.3 Å². The minimum absolute atomic E-state index is 0.00334. The zero-order valence-electron chi connectivity index (χ0n) is 20.0. The number of fused-ring (bicyclic) bond motifs is 4. The number of esters is 1. The van der Waals surface area contributed by atoms with Crippen molar-refractivity contribution in [1.29, 1.82) is 0 Å². The second-order valence-corrected chi connectivity index (χ2v) is 8.69. The van der Waals surface area contributed by atoms with Crippen molar-refractivity contribution in [2.45, 2.75) is 32.4 Å². The van der Waals surface area contributed by atoms with E-state index in [9.17, 15) is 18.8 Å². The average molecular weight is 490 g/mol. The summed E-state index contributed by atoms with van der Waals surface area (Å²) >= 11 is 0. The average Bonchev–Trinajstić information content (AvgIpc) is 3.08. The number of aryl methyl sites for hydroxylation is 1. The Morgan fingerprint density at radius 1 is 1.14 bits per heavy atom. The predicted octanol–water partition coefficient (Wildman–Crippen LogP) is 2.88. The lowest BCUT2D eigenvalue weighted by molar-refractivity contribution is -0.138. The molecule has 0 aliphatic carbocycles. The van der Waals surface area contributed by atoms with Gasteiger partial charge in [0.2, 0.25) is 11.8 Å². The van der Waals surface area contributed by atoms with E-state index in [1.165, 1.54) is 28.7 Å². The van der Waals surface area contributed by atoms with E-state index >= 15 is 0 Å². The molecule has 1 amide bonds. The monoisotopic (exact) mass is 489 g/mol. The SMILES string of the molecule is CCn1c(C)cc2c(c1=O)[C@]1(C(=O)N(Cc3ccc(F)cc3)c3ccccc31)C(C(=O)OC)=C(N)O2. The number of carbonyl (C=O) groups excluding carboxylic acids is 2. The number of hydrogen-bond acceptors (Lipinski definition) is 6. The number of ether oxygens (including phenoxy) is 2. The first kappa shape index (κ1) is 23.3. The van der Waals surface area contributed by atoms with E-state index < -0.39 is 28.7 Å². The molecule has 0 bridgehead atoms. The molecule has 3 aromatic rings. The fraction of sp³-hybridized carbons (Fsp3) is 0.222. The zero-order valence-corrected chi connectivity index (χ0v) is 20.0. The van der Waals surface area contributed by atoms with Crippen molar-refractivity contribution in [2.24, 2.45) is 5.73 Å². The molecule has 2 aromatic carbocycles. The number of para-hydroxylation sites is 1. The van der Waals surface area contributed by atoms with Crippen molar-refractivity contribution in [3.05, 3.63) is 105 Å². The number of rotatable bonds is 4. The van der Waals surface area contributed by atoms with Gasteiger partial charge in [0.25, 0.3) is 5.56 Å². The summed E-state index contributed by atoms with van der Waals surface area (Å²) in [5.74, 6) is -2.04. The van der Waals surface area contributed by atoms with Crippen LogP contribution in [-0.2, 0) is 32.8 Å². The molecule has 0 saturated carbocycles. The van der Waals surface area contributed by atoms with Gasteiger partial charge in [-0.25, -0.2) is 9.18 Å². The lowest BCUT2D eigenvalue weighted by atomic mass is 9.68. The highest BCUT2D eigenvalue weighted by atomic mass is 19.1. The van der Waals surface area contributed by atoms with Gasteiger partial charge in [0.05, 0.1) is 19.2 Å². The number of nitrogens with zero attached hydrogens (tertiary/aromatic N) is 2. The number of nitrogens with two attached hydrogens (primary N) is 1. The van der Waals surface area contributed by atoms with Gasteiger partial charge in [-0.3, -0.25) is 9.59 Å².